The average Bonchev–Trinajstić information content (AvgIpc) is 2.88. The van der Waals surface area contributed by atoms with Crippen molar-refractivity contribution in [2.75, 3.05) is 7.05 Å². The molecule has 0 aliphatic heterocycles. The Morgan fingerprint density at radius 1 is 1.15 bits per heavy atom. The summed E-state index contributed by atoms with van der Waals surface area (Å²) >= 11 is 11.7. The van der Waals surface area contributed by atoms with Crippen LogP contribution in [0.2, 0.25) is 5.02 Å². The van der Waals surface area contributed by atoms with E-state index in [0.29, 0.717) is 0 Å². The molecule has 0 fully saturated rings. The SMILES string of the molecule is CNC(c1cc(Br)ccc1Cl)c1csc2ccccc12. The van der Waals surface area contributed by atoms with Crippen molar-refractivity contribution in [2.24, 2.45) is 0 Å². The molecule has 3 aromatic rings. The molecule has 0 saturated carbocycles. The lowest BCUT2D eigenvalue weighted by molar-refractivity contribution is 0.698. The lowest BCUT2D eigenvalue weighted by Crippen LogP contribution is -2.17. The lowest BCUT2D eigenvalue weighted by Gasteiger charge is -2.18. The Labute approximate surface area is 135 Å². The molecule has 1 unspecified atom stereocenters. The third kappa shape index (κ3) is 2.51. The van der Waals surface area contributed by atoms with Crippen LogP contribution < -0.4 is 5.32 Å². The zero-order valence-corrected chi connectivity index (χ0v) is 14.0. The minimum atomic E-state index is 0.0937. The molecule has 1 aromatic heterocycles. The van der Waals surface area contributed by atoms with Crippen LogP contribution in [0.5, 0.6) is 0 Å². The quantitative estimate of drug-likeness (QED) is 0.634. The predicted molar refractivity (Wildman–Crippen MR) is 91.9 cm³/mol. The van der Waals surface area contributed by atoms with E-state index in [1.807, 2.05) is 19.2 Å². The highest BCUT2D eigenvalue weighted by atomic mass is 79.9. The van der Waals surface area contributed by atoms with Crippen LogP contribution in [0.4, 0.5) is 0 Å². The van der Waals surface area contributed by atoms with Gasteiger partial charge >= 0.3 is 0 Å². The second-order valence-electron chi connectivity index (χ2n) is 4.57. The Morgan fingerprint density at radius 2 is 1.95 bits per heavy atom. The van der Waals surface area contributed by atoms with E-state index in [1.54, 1.807) is 11.3 Å². The van der Waals surface area contributed by atoms with Crippen LogP contribution in [0, 0.1) is 0 Å². The van der Waals surface area contributed by atoms with Crippen molar-refractivity contribution in [1.82, 2.24) is 5.32 Å². The molecular formula is C16H13BrClNS. The van der Waals surface area contributed by atoms with Crippen molar-refractivity contribution >= 4 is 49.0 Å². The van der Waals surface area contributed by atoms with E-state index in [1.165, 1.54) is 15.6 Å². The normalized spacial score (nSPS) is 12.8. The van der Waals surface area contributed by atoms with E-state index in [-0.39, 0.29) is 6.04 Å². The second kappa shape index (κ2) is 5.86. The van der Waals surface area contributed by atoms with Crippen LogP contribution in [0.3, 0.4) is 0 Å². The fourth-order valence-electron chi connectivity index (χ4n) is 2.44. The smallest absolute Gasteiger partial charge is 0.0603 e. The summed E-state index contributed by atoms with van der Waals surface area (Å²) in [6.45, 7) is 0. The van der Waals surface area contributed by atoms with Crippen molar-refractivity contribution in [3.05, 3.63) is 68.5 Å². The van der Waals surface area contributed by atoms with Crippen LogP contribution in [0.1, 0.15) is 17.2 Å². The van der Waals surface area contributed by atoms with E-state index in [2.05, 4.69) is 57.0 Å². The molecule has 0 spiro atoms. The van der Waals surface area contributed by atoms with Crippen LogP contribution >= 0.6 is 38.9 Å². The first-order valence-corrected chi connectivity index (χ1v) is 8.34. The van der Waals surface area contributed by atoms with Gasteiger partial charge < -0.3 is 5.32 Å². The van der Waals surface area contributed by atoms with Gasteiger partial charge in [0, 0.05) is 14.2 Å². The van der Waals surface area contributed by atoms with Gasteiger partial charge in [-0.3, -0.25) is 0 Å². The molecule has 20 heavy (non-hydrogen) atoms. The molecule has 0 saturated heterocycles. The van der Waals surface area contributed by atoms with Crippen molar-refractivity contribution < 1.29 is 0 Å². The third-order valence-electron chi connectivity index (χ3n) is 3.38. The van der Waals surface area contributed by atoms with E-state index in [9.17, 15) is 0 Å². The molecule has 3 rings (SSSR count). The Hall–Kier alpha value is -0.870. The van der Waals surface area contributed by atoms with E-state index in [4.69, 9.17) is 11.6 Å². The predicted octanol–water partition coefficient (Wildman–Crippen LogP) is 5.63. The van der Waals surface area contributed by atoms with Gasteiger partial charge in [-0.1, -0.05) is 45.7 Å². The van der Waals surface area contributed by atoms with Gasteiger partial charge in [-0.2, -0.15) is 0 Å². The molecule has 1 nitrogen and oxygen atoms in total. The molecule has 0 aliphatic rings. The van der Waals surface area contributed by atoms with Gasteiger partial charge in [-0.05, 0) is 53.2 Å². The van der Waals surface area contributed by atoms with E-state index in [0.717, 1.165) is 15.1 Å². The highest BCUT2D eigenvalue weighted by Crippen LogP contribution is 2.36. The van der Waals surface area contributed by atoms with E-state index < -0.39 is 0 Å². The molecule has 0 amide bonds. The monoisotopic (exact) mass is 365 g/mol. The lowest BCUT2D eigenvalue weighted by atomic mass is 9.98. The Kier molecular flexibility index (Phi) is 4.13. The molecule has 102 valence electrons. The molecule has 1 heterocycles. The summed E-state index contributed by atoms with van der Waals surface area (Å²) in [4.78, 5) is 0. The standard InChI is InChI=1S/C16H13BrClNS/c1-19-16(12-8-10(17)6-7-14(12)18)13-9-20-15-5-3-2-4-11(13)15/h2-9,16,19H,1H3. The molecule has 1 atom stereocenters. The number of rotatable bonds is 3. The average molecular weight is 367 g/mol. The maximum Gasteiger partial charge on any atom is 0.0603 e. The molecule has 0 radical (unpaired) electrons. The Morgan fingerprint density at radius 3 is 2.75 bits per heavy atom. The molecule has 0 bridgehead atoms. The number of halogens is 2. The molecule has 4 heteroatoms. The number of nitrogens with one attached hydrogen (secondary N) is 1. The zero-order valence-electron chi connectivity index (χ0n) is 10.9. The van der Waals surface area contributed by atoms with Crippen LogP contribution in [0.15, 0.2) is 52.3 Å². The Bertz CT molecular complexity index is 753. The summed E-state index contributed by atoms with van der Waals surface area (Å²) < 4.78 is 2.34. The molecule has 2 aromatic carbocycles. The highest BCUT2D eigenvalue weighted by molar-refractivity contribution is 9.10. The number of thiophene rings is 1. The summed E-state index contributed by atoms with van der Waals surface area (Å²) in [5.74, 6) is 0. The third-order valence-corrected chi connectivity index (χ3v) is 5.20. The fraction of sp³-hybridized carbons (Fsp3) is 0.125. The van der Waals surface area contributed by atoms with Gasteiger partial charge in [-0.25, -0.2) is 0 Å². The topological polar surface area (TPSA) is 12.0 Å². The maximum absolute atomic E-state index is 6.38. The van der Waals surface area contributed by atoms with Crippen LogP contribution in [-0.2, 0) is 0 Å². The van der Waals surface area contributed by atoms with Gasteiger partial charge in [0.15, 0.2) is 0 Å². The van der Waals surface area contributed by atoms with Gasteiger partial charge in [0.05, 0.1) is 6.04 Å². The first-order chi connectivity index (χ1) is 9.70. The maximum atomic E-state index is 6.38. The zero-order chi connectivity index (χ0) is 14.1. The minimum Gasteiger partial charge on any atom is -0.309 e. The van der Waals surface area contributed by atoms with Gasteiger partial charge in [0.2, 0.25) is 0 Å². The summed E-state index contributed by atoms with van der Waals surface area (Å²) in [6, 6.07) is 14.5. The molecule has 1 N–H and O–H groups in total. The van der Waals surface area contributed by atoms with Gasteiger partial charge in [-0.15, -0.1) is 11.3 Å². The van der Waals surface area contributed by atoms with Crippen molar-refractivity contribution in [3.8, 4) is 0 Å². The number of hydrogen-bond donors (Lipinski definition) is 1. The number of benzene rings is 2. The first-order valence-electron chi connectivity index (χ1n) is 6.29. The number of fused-ring (bicyclic) bond motifs is 1. The van der Waals surface area contributed by atoms with E-state index >= 15 is 0 Å². The summed E-state index contributed by atoms with van der Waals surface area (Å²) in [5.41, 5.74) is 2.36. The highest BCUT2D eigenvalue weighted by Gasteiger charge is 2.18. The summed E-state index contributed by atoms with van der Waals surface area (Å²) in [6.07, 6.45) is 0. The Balaban J connectivity index is 2.16. The second-order valence-corrected chi connectivity index (χ2v) is 6.81. The molecule has 0 aliphatic carbocycles. The van der Waals surface area contributed by atoms with Crippen molar-refractivity contribution in [1.29, 1.82) is 0 Å². The van der Waals surface area contributed by atoms with Gasteiger partial charge in [0.25, 0.3) is 0 Å². The minimum absolute atomic E-state index is 0.0937. The fourth-order valence-corrected chi connectivity index (χ4v) is 4.03. The van der Waals surface area contributed by atoms with Crippen LogP contribution in [-0.4, -0.2) is 7.05 Å². The summed E-state index contributed by atoms with van der Waals surface area (Å²) in [5, 5.41) is 7.66. The van der Waals surface area contributed by atoms with Crippen LogP contribution in [0.25, 0.3) is 10.1 Å². The first kappa shape index (κ1) is 14.1. The number of hydrogen-bond acceptors (Lipinski definition) is 2. The largest absolute Gasteiger partial charge is 0.309 e. The van der Waals surface area contributed by atoms with Gasteiger partial charge in [0.1, 0.15) is 0 Å². The van der Waals surface area contributed by atoms with Crippen molar-refractivity contribution in [2.45, 2.75) is 6.04 Å². The van der Waals surface area contributed by atoms with Crippen molar-refractivity contribution in [3.63, 3.8) is 0 Å². The molecular weight excluding hydrogens is 354 g/mol. The summed E-state index contributed by atoms with van der Waals surface area (Å²) in [7, 11) is 1.97.